The molecular weight excluding hydrogens is 554 g/mol. The highest BCUT2D eigenvalue weighted by molar-refractivity contribution is 5.76. The summed E-state index contributed by atoms with van der Waals surface area (Å²) in [6, 6.07) is 10.6. The molecule has 1 rings (SSSR count). The van der Waals surface area contributed by atoms with E-state index in [-0.39, 0.29) is 92.0 Å². The molecule has 1 aromatic carbocycles. The zero-order valence-corrected chi connectivity index (χ0v) is 25.6. The van der Waals surface area contributed by atoms with Gasteiger partial charge in [0.1, 0.15) is 0 Å². The molecule has 4 nitrogen and oxygen atoms in total. The number of amides is 1. The standard InChI is InChI=1S/C10H14.C6H14.C5H11NO.C5H10O2.C5H12.10CH4/c1-3-9(2)10-7-5-4-6-8-10;1-5-6(2,3)4;2*1-3-4(2)5(6)7;1-4-5(2)3;;;;;;;;;;/h4-9H,3H2,1-2H3;5H2,1-4H3;4H,3H2,1-2H3,(H2,6,7);4H,3H2,1-2H3,(H,6,7);5H,4H2,1-3H3;10*1H4. The smallest absolute Gasteiger partial charge is 0.306 e. The SMILES string of the molecule is C.C.C.C.C.C.C.C.C.C.CCC(C)(C)C.CCC(C)C.CCC(C)C(=O)O.CCC(C)C(N)=O.CCC(C)c1ccccc1. The van der Waals surface area contributed by atoms with Crippen molar-refractivity contribution in [3.63, 3.8) is 0 Å². The van der Waals surface area contributed by atoms with Crippen molar-refractivity contribution in [3.05, 3.63) is 35.9 Å². The maximum atomic E-state index is 10.2. The van der Waals surface area contributed by atoms with E-state index in [0.29, 0.717) is 11.3 Å². The molecule has 45 heavy (non-hydrogen) atoms. The van der Waals surface area contributed by atoms with Crippen LogP contribution in [0.2, 0.25) is 0 Å². The molecule has 1 aromatic rings. The molecule has 3 unspecified atom stereocenters. The number of rotatable bonds is 7. The third-order valence-electron chi connectivity index (χ3n) is 5.99. The number of nitrogens with two attached hydrogens (primary N) is 1. The first-order valence-electron chi connectivity index (χ1n) is 13.6. The fraction of sp³-hybridized carbons (Fsp3) is 0.805. The highest BCUT2D eigenvalue weighted by Crippen LogP contribution is 2.17. The molecule has 0 spiro atoms. The molecule has 3 N–H and O–H groups in total. The van der Waals surface area contributed by atoms with Crippen LogP contribution in [0.4, 0.5) is 0 Å². The van der Waals surface area contributed by atoms with Crippen LogP contribution < -0.4 is 5.73 Å². The lowest BCUT2D eigenvalue weighted by Crippen LogP contribution is -2.19. The molecule has 0 heterocycles. The number of aliphatic carboxylic acids is 1. The predicted octanol–water partition coefficient (Wildman–Crippen LogP) is 15.7. The van der Waals surface area contributed by atoms with E-state index in [1.165, 1.54) is 24.8 Å². The summed E-state index contributed by atoms with van der Waals surface area (Å²) in [5.74, 6) is 0.543. The summed E-state index contributed by atoms with van der Waals surface area (Å²) in [4.78, 5) is 20.1. The van der Waals surface area contributed by atoms with Crippen LogP contribution in [0.3, 0.4) is 0 Å². The minimum Gasteiger partial charge on any atom is -0.481 e. The maximum absolute atomic E-state index is 10.2. The minimum absolute atomic E-state index is 0. The van der Waals surface area contributed by atoms with Gasteiger partial charge in [0.25, 0.3) is 0 Å². The minimum atomic E-state index is -0.706. The van der Waals surface area contributed by atoms with Gasteiger partial charge in [0.05, 0.1) is 5.92 Å². The molecular formula is C41H101NO3. The van der Waals surface area contributed by atoms with Gasteiger partial charge in [0.15, 0.2) is 0 Å². The van der Waals surface area contributed by atoms with Crippen LogP contribution in [0.15, 0.2) is 30.3 Å². The third kappa shape index (κ3) is 80.0. The van der Waals surface area contributed by atoms with Crippen LogP contribution in [0.1, 0.15) is 208 Å². The van der Waals surface area contributed by atoms with Gasteiger partial charge in [0, 0.05) is 5.92 Å². The first-order chi connectivity index (χ1) is 16.0. The van der Waals surface area contributed by atoms with Gasteiger partial charge in [-0.15, -0.1) is 0 Å². The first kappa shape index (κ1) is 90.2. The van der Waals surface area contributed by atoms with Crippen LogP contribution >= 0.6 is 0 Å². The number of carboxylic acid groups (broad SMARTS) is 1. The van der Waals surface area contributed by atoms with Gasteiger partial charge in [-0.1, -0.05) is 207 Å². The number of carbonyl (C=O) groups excluding carboxylic acids is 1. The molecule has 0 aromatic heterocycles. The van der Waals surface area contributed by atoms with Crippen LogP contribution in [0.5, 0.6) is 0 Å². The van der Waals surface area contributed by atoms with Crippen molar-refractivity contribution in [2.75, 3.05) is 0 Å². The second-order valence-electron chi connectivity index (χ2n) is 10.8. The Bertz CT molecular complexity index is 573. The van der Waals surface area contributed by atoms with Crippen molar-refractivity contribution in [2.45, 2.75) is 202 Å². The van der Waals surface area contributed by atoms with Gasteiger partial charge in [-0.25, -0.2) is 0 Å². The third-order valence-corrected chi connectivity index (χ3v) is 5.99. The molecule has 0 aliphatic carbocycles. The van der Waals surface area contributed by atoms with Gasteiger partial charge in [0.2, 0.25) is 5.91 Å². The zero-order valence-electron chi connectivity index (χ0n) is 25.6. The highest BCUT2D eigenvalue weighted by Gasteiger charge is 2.05. The summed E-state index contributed by atoms with van der Waals surface area (Å²) in [5, 5.41) is 8.18. The number of hydrogen-bond acceptors (Lipinski definition) is 2. The Hall–Kier alpha value is -1.84. The first-order valence-corrected chi connectivity index (χ1v) is 13.6. The van der Waals surface area contributed by atoms with Crippen LogP contribution in [-0.4, -0.2) is 17.0 Å². The molecule has 0 radical (unpaired) electrons. The summed E-state index contributed by atoms with van der Waals surface area (Å²) in [5.41, 5.74) is 6.90. The molecule has 0 aliphatic rings. The largest absolute Gasteiger partial charge is 0.481 e. The number of hydrogen-bond donors (Lipinski definition) is 2. The maximum Gasteiger partial charge on any atom is 0.306 e. The van der Waals surface area contributed by atoms with Crippen molar-refractivity contribution in [2.24, 2.45) is 28.9 Å². The average Bonchev–Trinajstić information content (AvgIpc) is 2.83. The Labute approximate surface area is 293 Å². The van der Waals surface area contributed by atoms with Crippen LogP contribution in [0, 0.1) is 23.2 Å². The van der Waals surface area contributed by atoms with Crippen LogP contribution in [0.25, 0.3) is 0 Å². The second-order valence-corrected chi connectivity index (χ2v) is 10.8. The monoisotopic (exact) mass is 656 g/mol. The summed E-state index contributed by atoms with van der Waals surface area (Å²) in [6.07, 6.45) is 5.36. The Morgan fingerprint density at radius 3 is 1.02 bits per heavy atom. The molecule has 0 saturated carbocycles. The molecule has 3 atom stereocenters. The van der Waals surface area contributed by atoms with Gasteiger partial charge in [-0.05, 0) is 42.1 Å². The van der Waals surface area contributed by atoms with E-state index >= 15 is 0 Å². The lowest BCUT2D eigenvalue weighted by atomic mass is 9.94. The predicted molar refractivity (Wildman–Crippen MR) is 223 cm³/mol. The van der Waals surface area contributed by atoms with Crippen molar-refractivity contribution in [1.82, 2.24) is 0 Å². The molecule has 4 heteroatoms. The van der Waals surface area contributed by atoms with E-state index in [1.807, 2.05) is 20.8 Å². The van der Waals surface area contributed by atoms with Gasteiger partial charge in [-0.2, -0.15) is 0 Å². The van der Waals surface area contributed by atoms with Crippen molar-refractivity contribution in [1.29, 1.82) is 0 Å². The van der Waals surface area contributed by atoms with E-state index in [4.69, 9.17) is 10.8 Å². The van der Waals surface area contributed by atoms with Crippen LogP contribution in [-0.2, 0) is 9.59 Å². The van der Waals surface area contributed by atoms with E-state index in [2.05, 4.69) is 92.6 Å². The average molecular weight is 656 g/mol. The van der Waals surface area contributed by atoms with Crippen molar-refractivity contribution >= 4 is 11.9 Å². The number of primary amides is 1. The van der Waals surface area contributed by atoms with E-state index in [1.54, 1.807) is 6.92 Å². The fourth-order valence-electron chi connectivity index (χ4n) is 1.39. The fourth-order valence-corrected chi connectivity index (χ4v) is 1.39. The van der Waals surface area contributed by atoms with E-state index in [9.17, 15) is 9.59 Å². The number of carboxylic acids is 1. The Morgan fingerprint density at radius 2 is 0.911 bits per heavy atom. The van der Waals surface area contributed by atoms with Gasteiger partial charge in [-0.3, -0.25) is 9.59 Å². The van der Waals surface area contributed by atoms with Crippen molar-refractivity contribution in [3.8, 4) is 0 Å². The molecule has 0 bridgehead atoms. The highest BCUT2D eigenvalue weighted by atomic mass is 16.4. The van der Waals surface area contributed by atoms with E-state index < -0.39 is 5.97 Å². The quantitative estimate of drug-likeness (QED) is 0.307. The molecule has 0 fully saturated rings. The molecule has 0 saturated heterocycles. The van der Waals surface area contributed by atoms with E-state index in [0.717, 1.165) is 18.8 Å². The van der Waals surface area contributed by atoms with Gasteiger partial charge < -0.3 is 10.8 Å². The molecule has 0 aliphatic heterocycles. The topological polar surface area (TPSA) is 80.4 Å². The van der Waals surface area contributed by atoms with Gasteiger partial charge >= 0.3 is 5.97 Å². The van der Waals surface area contributed by atoms with Crippen molar-refractivity contribution < 1.29 is 14.7 Å². The normalized spacial score (nSPS) is 9.73. The zero-order chi connectivity index (χ0) is 28.6. The Morgan fingerprint density at radius 1 is 0.622 bits per heavy atom. The summed E-state index contributed by atoms with van der Waals surface area (Å²) >= 11 is 0. The number of carbonyl (C=O) groups is 2. The summed E-state index contributed by atoms with van der Waals surface area (Å²) in [6.45, 7) is 27.4. The summed E-state index contributed by atoms with van der Waals surface area (Å²) < 4.78 is 0. The Kier molecular flexibility index (Phi) is 116. The molecule has 288 valence electrons. The number of benzene rings is 1. The lowest BCUT2D eigenvalue weighted by Gasteiger charge is -2.12. The Balaban J connectivity index is -0.0000000214. The lowest BCUT2D eigenvalue weighted by molar-refractivity contribution is -0.141. The second kappa shape index (κ2) is 57.8. The molecule has 1 amide bonds. The summed E-state index contributed by atoms with van der Waals surface area (Å²) in [7, 11) is 0.